The average molecular weight is 222 g/mol. The van der Waals surface area contributed by atoms with E-state index in [1.165, 1.54) is 6.07 Å². The molecule has 0 aromatic heterocycles. The van der Waals surface area contributed by atoms with Gasteiger partial charge in [-0.25, -0.2) is 4.39 Å². The Balaban J connectivity index is 2.07. The van der Waals surface area contributed by atoms with E-state index >= 15 is 0 Å². The van der Waals surface area contributed by atoms with Crippen LogP contribution in [0.25, 0.3) is 0 Å². The third-order valence-electron chi connectivity index (χ3n) is 3.22. The molecule has 0 amide bonds. The summed E-state index contributed by atoms with van der Waals surface area (Å²) in [4.78, 5) is 0. The Labute approximate surface area is 96.6 Å². The van der Waals surface area contributed by atoms with Gasteiger partial charge in [-0.05, 0) is 48.4 Å². The molecule has 0 bridgehead atoms. The summed E-state index contributed by atoms with van der Waals surface area (Å²) in [5.74, 6) is 1.64. The van der Waals surface area contributed by atoms with E-state index in [1.807, 2.05) is 19.9 Å². The molecule has 1 nitrogen and oxygen atoms in total. The largest absolute Gasteiger partial charge is 0.490 e. The zero-order chi connectivity index (χ0) is 11.7. The minimum Gasteiger partial charge on any atom is -0.490 e. The maximum Gasteiger partial charge on any atom is 0.126 e. The van der Waals surface area contributed by atoms with Crippen LogP contribution in [0.4, 0.5) is 4.39 Å². The summed E-state index contributed by atoms with van der Waals surface area (Å²) in [6.45, 7) is 6.21. The fraction of sp³-hybridized carbons (Fsp3) is 0.571. The van der Waals surface area contributed by atoms with Crippen LogP contribution in [0.1, 0.15) is 45.1 Å². The van der Waals surface area contributed by atoms with Gasteiger partial charge in [0.15, 0.2) is 0 Å². The highest BCUT2D eigenvalue weighted by atomic mass is 19.1. The summed E-state index contributed by atoms with van der Waals surface area (Å²) in [7, 11) is 0. The van der Waals surface area contributed by atoms with Crippen LogP contribution in [0.3, 0.4) is 0 Å². The normalized spacial score (nSPS) is 24.3. The molecule has 1 aromatic carbocycles. The van der Waals surface area contributed by atoms with Crippen molar-refractivity contribution in [1.82, 2.24) is 0 Å². The van der Waals surface area contributed by atoms with Crippen LogP contribution >= 0.6 is 0 Å². The monoisotopic (exact) mass is 222 g/mol. The lowest BCUT2D eigenvalue weighted by atomic mass is 9.84. The van der Waals surface area contributed by atoms with E-state index in [1.54, 1.807) is 6.07 Å². The number of halogens is 1. The van der Waals surface area contributed by atoms with Gasteiger partial charge in [0.2, 0.25) is 0 Å². The SMILES string of the molecule is CC1CC(Oc2ccc(F)c(C(C)C)c2)C1. The average Bonchev–Trinajstić information content (AvgIpc) is 2.18. The summed E-state index contributed by atoms with van der Waals surface area (Å²) < 4.78 is 19.3. The topological polar surface area (TPSA) is 9.23 Å². The molecule has 0 N–H and O–H groups in total. The number of hydrogen-bond donors (Lipinski definition) is 0. The van der Waals surface area contributed by atoms with E-state index in [2.05, 4.69) is 6.92 Å². The Morgan fingerprint density at radius 3 is 2.56 bits per heavy atom. The third-order valence-corrected chi connectivity index (χ3v) is 3.22. The molecular weight excluding hydrogens is 203 g/mol. The zero-order valence-electron chi connectivity index (χ0n) is 10.2. The van der Waals surface area contributed by atoms with E-state index < -0.39 is 0 Å². The first kappa shape index (κ1) is 11.4. The molecule has 0 heterocycles. The van der Waals surface area contributed by atoms with Gasteiger partial charge in [-0.15, -0.1) is 0 Å². The van der Waals surface area contributed by atoms with Crippen LogP contribution in [0.5, 0.6) is 5.75 Å². The molecule has 0 radical (unpaired) electrons. The van der Waals surface area contributed by atoms with Crippen molar-refractivity contribution in [2.24, 2.45) is 5.92 Å². The van der Waals surface area contributed by atoms with Crippen molar-refractivity contribution in [3.8, 4) is 5.75 Å². The summed E-state index contributed by atoms with van der Waals surface area (Å²) in [5.41, 5.74) is 0.741. The Bertz CT molecular complexity index is 367. The number of hydrogen-bond acceptors (Lipinski definition) is 1. The molecular formula is C14H19FO. The van der Waals surface area contributed by atoms with Crippen LogP contribution < -0.4 is 4.74 Å². The standard InChI is InChI=1S/C14H19FO/c1-9(2)13-8-11(4-5-14(13)15)16-12-6-10(3)7-12/h4-5,8-10,12H,6-7H2,1-3H3. The minimum absolute atomic E-state index is 0.135. The van der Waals surface area contributed by atoms with Crippen molar-refractivity contribution in [3.05, 3.63) is 29.6 Å². The highest BCUT2D eigenvalue weighted by Crippen LogP contribution is 2.32. The first-order chi connectivity index (χ1) is 7.56. The van der Waals surface area contributed by atoms with Crippen LogP contribution in [0.15, 0.2) is 18.2 Å². The van der Waals surface area contributed by atoms with E-state index in [0.717, 1.165) is 30.1 Å². The molecule has 0 spiro atoms. The molecule has 16 heavy (non-hydrogen) atoms. The maximum atomic E-state index is 13.5. The molecule has 2 heteroatoms. The van der Waals surface area contributed by atoms with Crippen LogP contribution in [0.2, 0.25) is 0 Å². The summed E-state index contributed by atoms with van der Waals surface area (Å²) in [6, 6.07) is 5.07. The van der Waals surface area contributed by atoms with Crippen LogP contribution in [0, 0.1) is 11.7 Å². The summed E-state index contributed by atoms with van der Waals surface area (Å²) >= 11 is 0. The molecule has 1 aliphatic rings. The predicted molar refractivity (Wildman–Crippen MR) is 63.3 cm³/mol. The van der Waals surface area contributed by atoms with Gasteiger partial charge >= 0.3 is 0 Å². The van der Waals surface area contributed by atoms with Gasteiger partial charge < -0.3 is 4.74 Å². The Morgan fingerprint density at radius 1 is 1.31 bits per heavy atom. The Morgan fingerprint density at radius 2 is 2.00 bits per heavy atom. The molecule has 0 saturated heterocycles. The van der Waals surface area contributed by atoms with Crippen molar-refractivity contribution >= 4 is 0 Å². The van der Waals surface area contributed by atoms with Gasteiger partial charge in [0.1, 0.15) is 11.6 Å². The Kier molecular flexibility index (Phi) is 3.17. The number of benzene rings is 1. The summed E-state index contributed by atoms with van der Waals surface area (Å²) in [5, 5.41) is 0. The number of rotatable bonds is 3. The highest BCUT2D eigenvalue weighted by molar-refractivity contribution is 5.32. The van der Waals surface area contributed by atoms with Crippen molar-refractivity contribution < 1.29 is 9.13 Å². The maximum absolute atomic E-state index is 13.5. The number of ether oxygens (including phenoxy) is 1. The first-order valence-electron chi connectivity index (χ1n) is 6.02. The molecule has 2 rings (SSSR count). The molecule has 0 atom stereocenters. The summed E-state index contributed by atoms with van der Waals surface area (Å²) in [6.07, 6.45) is 2.57. The molecule has 1 fully saturated rings. The van der Waals surface area contributed by atoms with Crippen LogP contribution in [-0.4, -0.2) is 6.10 Å². The van der Waals surface area contributed by atoms with E-state index in [-0.39, 0.29) is 11.7 Å². The zero-order valence-corrected chi connectivity index (χ0v) is 10.2. The molecule has 1 saturated carbocycles. The van der Waals surface area contributed by atoms with E-state index in [4.69, 9.17) is 4.74 Å². The molecule has 1 aliphatic carbocycles. The lowest BCUT2D eigenvalue weighted by Crippen LogP contribution is -2.31. The van der Waals surface area contributed by atoms with Gasteiger partial charge in [0.25, 0.3) is 0 Å². The lowest BCUT2D eigenvalue weighted by molar-refractivity contribution is 0.0737. The molecule has 1 aromatic rings. The van der Waals surface area contributed by atoms with Crippen molar-refractivity contribution in [1.29, 1.82) is 0 Å². The second kappa shape index (κ2) is 4.44. The quantitative estimate of drug-likeness (QED) is 0.747. The minimum atomic E-state index is -0.135. The fourth-order valence-corrected chi connectivity index (χ4v) is 2.15. The van der Waals surface area contributed by atoms with Crippen molar-refractivity contribution in [2.75, 3.05) is 0 Å². The van der Waals surface area contributed by atoms with Gasteiger partial charge in [-0.1, -0.05) is 20.8 Å². The van der Waals surface area contributed by atoms with Gasteiger partial charge in [0.05, 0.1) is 6.10 Å². The third kappa shape index (κ3) is 2.37. The van der Waals surface area contributed by atoms with Gasteiger partial charge in [-0.2, -0.15) is 0 Å². The highest BCUT2D eigenvalue weighted by Gasteiger charge is 2.27. The Hall–Kier alpha value is -1.05. The first-order valence-corrected chi connectivity index (χ1v) is 6.02. The van der Waals surface area contributed by atoms with Gasteiger partial charge in [-0.3, -0.25) is 0 Å². The molecule has 0 aliphatic heterocycles. The van der Waals surface area contributed by atoms with E-state index in [0.29, 0.717) is 6.10 Å². The van der Waals surface area contributed by atoms with Gasteiger partial charge in [0, 0.05) is 0 Å². The van der Waals surface area contributed by atoms with Crippen molar-refractivity contribution in [2.45, 2.75) is 45.6 Å². The second-order valence-electron chi connectivity index (χ2n) is 5.15. The second-order valence-corrected chi connectivity index (χ2v) is 5.15. The van der Waals surface area contributed by atoms with E-state index in [9.17, 15) is 4.39 Å². The molecule has 88 valence electrons. The fourth-order valence-electron chi connectivity index (χ4n) is 2.15. The smallest absolute Gasteiger partial charge is 0.126 e. The molecule has 0 unspecified atom stereocenters. The van der Waals surface area contributed by atoms with Crippen LogP contribution in [-0.2, 0) is 0 Å². The predicted octanol–water partition coefficient (Wildman–Crippen LogP) is 4.13. The van der Waals surface area contributed by atoms with Crippen molar-refractivity contribution in [3.63, 3.8) is 0 Å². The lowest BCUT2D eigenvalue weighted by Gasteiger charge is -2.33.